The molecule has 0 atom stereocenters. The van der Waals surface area contributed by atoms with Crippen LogP contribution in [0.15, 0.2) is 18.5 Å². The second kappa shape index (κ2) is 6.57. The van der Waals surface area contributed by atoms with Crippen LogP contribution >= 0.6 is 11.3 Å². The molecule has 0 aliphatic carbocycles. The third kappa shape index (κ3) is 3.72. The van der Waals surface area contributed by atoms with Gasteiger partial charge in [0.05, 0.1) is 22.5 Å². The van der Waals surface area contributed by atoms with Gasteiger partial charge in [0.25, 0.3) is 5.91 Å². The summed E-state index contributed by atoms with van der Waals surface area (Å²) in [7, 11) is 3.64. The van der Waals surface area contributed by atoms with E-state index in [1.807, 2.05) is 26.2 Å². The summed E-state index contributed by atoms with van der Waals surface area (Å²) in [6.07, 6.45) is 3.67. The maximum Gasteiger partial charge on any atom is 0.264 e. The molecule has 0 radical (unpaired) electrons. The van der Waals surface area contributed by atoms with E-state index in [2.05, 4.69) is 16.9 Å². The predicted molar refractivity (Wildman–Crippen MR) is 84.0 cm³/mol. The molecule has 0 aliphatic heterocycles. The Kier molecular flexibility index (Phi) is 4.78. The normalized spacial score (nSPS) is 10.1. The van der Waals surface area contributed by atoms with E-state index >= 15 is 0 Å². The number of carbonyl (C=O) groups is 1. The number of aromatic nitrogens is 2. The van der Waals surface area contributed by atoms with Crippen LogP contribution in [0.4, 0.5) is 0 Å². The van der Waals surface area contributed by atoms with Gasteiger partial charge in [-0.1, -0.05) is 11.8 Å². The van der Waals surface area contributed by atoms with E-state index in [4.69, 9.17) is 5.73 Å². The summed E-state index contributed by atoms with van der Waals surface area (Å²) in [4.78, 5) is 15.7. The highest BCUT2D eigenvalue weighted by Crippen LogP contribution is 2.22. The standard InChI is InChI=1S/C15H18N4OS/c1-11-7-14(21-13(11)5-4-6-16)15(20)18(2)9-12-8-17-19(3)10-12/h7-8,10H,6,9,16H2,1-3H3. The number of rotatable bonds is 3. The number of aryl methyl sites for hydroxylation is 2. The molecular weight excluding hydrogens is 284 g/mol. The van der Waals surface area contributed by atoms with Crippen LogP contribution in [0.1, 0.15) is 25.7 Å². The Balaban J connectivity index is 2.12. The molecule has 2 aromatic rings. The third-order valence-electron chi connectivity index (χ3n) is 2.96. The summed E-state index contributed by atoms with van der Waals surface area (Å²) in [5, 5.41) is 4.10. The Hall–Kier alpha value is -2.10. The van der Waals surface area contributed by atoms with Gasteiger partial charge in [0.2, 0.25) is 0 Å². The van der Waals surface area contributed by atoms with Gasteiger partial charge in [0.15, 0.2) is 0 Å². The predicted octanol–water partition coefficient (Wildman–Crippen LogP) is 1.37. The van der Waals surface area contributed by atoms with E-state index in [1.54, 1.807) is 22.8 Å². The number of hydrogen-bond acceptors (Lipinski definition) is 4. The number of nitrogens with zero attached hydrogens (tertiary/aromatic N) is 3. The molecule has 5 nitrogen and oxygen atoms in total. The van der Waals surface area contributed by atoms with E-state index in [0.29, 0.717) is 18.0 Å². The zero-order chi connectivity index (χ0) is 15.4. The van der Waals surface area contributed by atoms with Crippen molar-refractivity contribution in [3.8, 4) is 11.8 Å². The molecule has 6 heteroatoms. The number of hydrogen-bond donors (Lipinski definition) is 1. The fraction of sp³-hybridized carbons (Fsp3) is 0.333. The monoisotopic (exact) mass is 302 g/mol. The molecule has 0 spiro atoms. The number of carbonyl (C=O) groups excluding carboxylic acids is 1. The minimum atomic E-state index is -0.00671. The van der Waals surface area contributed by atoms with E-state index in [0.717, 1.165) is 16.0 Å². The Morgan fingerprint density at radius 3 is 2.95 bits per heavy atom. The molecule has 2 aromatic heterocycles. The first-order valence-corrected chi connectivity index (χ1v) is 7.35. The van der Waals surface area contributed by atoms with Crippen molar-refractivity contribution in [1.29, 1.82) is 0 Å². The largest absolute Gasteiger partial charge is 0.337 e. The van der Waals surface area contributed by atoms with Crippen LogP contribution < -0.4 is 5.73 Å². The summed E-state index contributed by atoms with van der Waals surface area (Å²) < 4.78 is 1.73. The van der Waals surface area contributed by atoms with E-state index in [-0.39, 0.29) is 5.91 Å². The lowest BCUT2D eigenvalue weighted by Gasteiger charge is -2.14. The molecule has 21 heavy (non-hydrogen) atoms. The van der Waals surface area contributed by atoms with Crippen LogP contribution in [-0.2, 0) is 13.6 Å². The Morgan fingerprint density at radius 1 is 1.57 bits per heavy atom. The quantitative estimate of drug-likeness (QED) is 0.871. The topological polar surface area (TPSA) is 64.2 Å². The molecule has 0 aromatic carbocycles. The first kappa shape index (κ1) is 15.3. The molecule has 0 fully saturated rings. The van der Waals surface area contributed by atoms with Gasteiger partial charge in [-0.25, -0.2) is 0 Å². The van der Waals surface area contributed by atoms with E-state index in [1.165, 1.54) is 11.3 Å². The summed E-state index contributed by atoms with van der Waals surface area (Å²) in [6.45, 7) is 2.81. The second-order valence-corrected chi connectivity index (χ2v) is 5.86. The molecule has 0 bridgehead atoms. The Labute approximate surface area is 128 Å². The highest BCUT2D eigenvalue weighted by atomic mass is 32.1. The zero-order valence-corrected chi connectivity index (χ0v) is 13.2. The molecule has 2 heterocycles. The summed E-state index contributed by atoms with van der Waals surface area (Å²) in [6, 6.07) is 1.88. The van der Waals surface area contributed by atoms with Crippen molar-refractivity contribution in [3.05, 3.63) is 39.3 Å². The average molecular weight is 302 g/mol. The van der Waals surface area contributed by atoms with Crippen LogP contribution in [0.5, 0.6) is 0 Å². The highest BCUT2D eigenvalue weighted by Gasteiger charge is 2.16. The number of nitrogens with two attached hydrogens (primary N) is 1. The van der Waals surface area contributed by atoms with Gasteiger partial charge in [-0.3, -0.25) is 9.48 Å². The summed E-state index contributed by atoms with van der Waals surface area (Å²) >= 11 is 1.41. The first-order valence-electron chi connectivity index (χ1n) is 6.53. The lowest BCUT2D eigenvalue weighted by Crippen LogP contribution is -2.25. The van der Waals surface area contributed by atoms with Crippen molar-refractivity contribution < 1.29 is 4.79 Å². The van der Waals surface area contributed by atoms with Gasteiger partial charge in [-0.15, -0.1) is 11.3 Å². The van der Waals surface area contributed by atoms with E-state index < -0.39 is 0 Å². The maximum absolute atomic E-state index is 12.4. The molecule has 0 aliphatic rings. The van der Waals surface area contributed by atoms with Gasteiger partial charge < -0.3 is 10.6 Å². The Bertz CT molecular complexity index is 705. The molecule has 0 saturated carbocycles. The molecule has 1 amide bonds. The van der Waals surface area contributed by atoms with Crippen LogP contribution in [0.2, 0.25) is 0 Å². The molecule has 2 rings (SSSR count). The molecule has 110 valence electrons. The molecule has 0 unspecified atom stereocenters. The van der Waals surface area contributed by atoms with Crippen molar-refractivity contribution in [2.24, 2.45) is 12.8 Å². The van der Waals surface area contributed by atoms with Gasteiger partial charge >= 0.3 is 0 Å². The number of thiophene rings is 1. The van der Waals surface area contributed by atoms with Gasteiger partial charge in [0, 0.05) is 32.4 Å². The lowest BCUT2D eigenvalue weighted by molar-refractivity contribution is 0.0790. The lowest BCUT2D eigenvalue weighted by atomic mass is 10.2. The molecular formula is C15H18N4OS. The van der Waals surface area contributed by atoms with Crippen molar-refractivity contribution in [2.45, 2.75) is 13.5 Å². The molecule has 0 saturated heterocycles. The van der Waals surface area contributed by atoms with Crippen molar-refractivity contribution >= 4 is 17.2 Å². The van der Waals surface area contributed by atoms with Gasteiger partial charge in [-0.05, 0) is 18.6 Å². The van der Waals surface area contributed by atoms with Gasteiger partial charge in [-0.2, -0.15) is 5.10 Å². The second-order valence-electron chi connectivity index (χ2n) is 4.81. The fourth-order valence-corrected chi connectivity index (χ4v) is 2.97. The highest BCUT2D eigenvalue weighted by molar-refractivity contribution is 7.14. The zero-order valence-electron chi connectivity index (χ0n) is 12.4. The first-order chi connectivity index (χ1) is 10.0. The minimum Gasteiger partial charge on any atom is -0.337 e. The Morgan fingerprint density at radius 2 is 2.33 bits per heavy atom. The van der Waals surface area contributed by atoms with Crippen LogP contribution in [0.25, 0.3) is 0 Å². The summed E-state index contributed by atoms with van der Waals surface area (Å²) in [5.41, 5.74) is 7.39. The van der Waals surface area contributed by atoms with Crippen LogP contribution in [0, 0.1) is 18.8 Å². The minimum absolute atomic E-state index is 0.00671. The fourth-order valence-electron chi connectivity index (χ4n) is 1.93. The van der Waals surface area contributed by atoms with Crippen molar-refractivity contribution in [2.75, 3.05) is 13.6 Å². The number of amides is 1. The van der Waals surface area contributed by atoms with E-state index in [9.17, 15) is 4.79 Å². The summed E-state index contributed by atoms with van der Waals surface area (Å²) in [5.74, 6) is 5.81. The van der Waals surface area contributed by atoms with Crippen LogP contribution in [-0.4, -0.2) is 34.2 Å². The SMILES string of the molecule is Cc1cc(C(=O)N(C)Cc2cnn(C)c2)sc1C#CCN. The smallest absolute Gasteiger partial charge is 0.264 e. The van der Waals surface area contributed by atoms with Crippen LogP contribution in [0.3, 0.4) is 0 Å². The third-order valence-corrected chi connectivity index (χ3v) is 4.10. The van der Waals surface area contributed by atoms with Crippen molar-refractivity contribution in [3.63, 3.8) is 0 Å². The average Bonchev–Trinajstić information content (AvgIpc) is 3.02. The van der Waals surface area contributed by atoms with Gasteiger partial charge in [0.1, 0.15) is 0 Å². The van der Waals surface area contributed by atoms with Crippen molar-refractivity contribution in [1.82, 2.24) is 14.7 Å². The molecule has 2 N–H and O–H groups in total. The maximum atomic E-state index is 12.4.